The topological polar surface area (TPSA) is 47.0 Å². The lowest BCUT2D eigenvalue weighted by atomic mass is 9.97. The van der Waals surface area contributed by atoms with Crippen LogP contribution in [0, 0.1) is 0 Å². The third-order valence-corrected chi connectivity index (χ3v) is 6.51. The number of ketones is 1. The Hall–Kier alpha value is -1.27. The zero-order valence-electron chi connectivity index (χ0n) is 17.8. The van der Waals surface area contributed by atoms with Gasteiger partial charge in [0.1, 0.15) is 0 Å². The van der Waals surface area contributed by atoms with Gasteiger partial charge in [-0.1, -0.05) is 18.2 Å². The summed E-state index contributed by atoms with van der Waals surface area (Å²) in [6.45, 7) is 12.8. The summed E-state index contributed by atoms with van der Waals surface area (Å²) in [5, 5.41) is 9.63. The van der Waals surface area contributed by atoms with Gasteiger partial charge in [0.25, 0.3) is 0 Å². The normalized spacial score (nSPS) is 23.4. The highest BCUT2D eigenvalue weighted by Gasteiger charge is 2.33. The molecule has 1 atom stereocenters. The van der Waals surface area contributed by atoms with Crippen LogP contribution in [0.4, 0.5) is 0 Å². The molecule has 2 aliphatic heterocycles. The van der Waals surface area contributed by atoms with Crippen molar-refractivity contribution in [3.63, 3.8) is 0 Å². The van der Waals surface area contributed by atoms with Crippen LogP contribution >= 0.6 is 0 Å². The number of benzene rings is 1. The number of aliphatic hydroxyl groups is 1. The van der Waals surface area contributed by atoms with E-state index >= 15 is 0 Å². The Bertz CT molecular complexity index is 640. The van der Waals surface area contributed by atoms with Gasteiger partial charge in [-0.3, -0.25) is 14.6 Å². The van der Waals surface area contributed by atoms with E-state index in [2.05, 4.69) is 34.6 Å². The van der Waals surface area contributed by atoms with Gasteiger partial charge in [-0.2, -0.15) is 0 Å². The summed E-state index contributed by atoms with van der Waals surface area (Å²) in [6.07, 6.45) is 3.32. The fourth-order valence-electron chi connectivity index (χ4n) is 4.84. The number of piperidine rings is 1. The Morgan fingerprint density at radius 1 is 1.18 bits per heavy atom. The van der Waals surface area contributed by atoms with E-state index in [9.17, 15) is 9.90 Å². The lowest BCUT2D eigenvalue weighted by Gasteiger charge is -2.48. The van der Waals surface area contributed by atoms with Gasteiger partial charge >= 0.3 is 0 Å². The fourth-order valence-corrected chi connectivity index (χ4v) is 4.84. The third-order valence-electron chi connectivity index (χ3n) is 6.51. The van der Waals surface area contributed by atoms with Gasteiger partial charge in [-0.15, -0.1) is 0 Å². The molecule has 156 valence electrons. The number of carbonyl (C=O) groups is 1. The molecule has 2 fully saturated rings. The van der Waals surface area contributed by atoms with Crippen molar-refractivity contribution in [1.29, 1.82) is 0 Å². The van der Waals surface area contributed by atoms with Crippen LogP contribution in [0.1, 0.15) is 56.0 Å². The molecule has 0 saturated carbocycles. The SMILES string of the molecule is CC(=O)c1cccc(CN2CCN(C3CCN(C(C)C)CC3)C(CCO)C2)c1. The molecule has 1 aromatic rings. The van der Waals surface area contributed by atoms with Crippen LogP contribution in [-0.4, -0.2) is 83.0 Å². The summed E-state index contributed by atoms with van der Waals surface area (Å²) >= 11 is 0. The summed E-state index contributed by atoms with van der Waals surface area (Å²) in [7, 11) is 0. The lowest BCUT2D eigenvalue weighted by Crippen LogP contribution is -2.58. The van der Waals surface area contributed by atoms with E-state index in [1.165, 1.54) is 31.5 Å². The van der Waals surface area contributed by atoms with Crippen molar-refractivity contribution in [3.8, 4) is 0 Å². The maximum atomic E-state index is 11.7. The van der Waals surface area contributed by atoms with E-state index in [1.807, 2.05) is 18.2 Å². The fraction of sp³-hybridized carbons (Fsp3) is 0.696. The first kappa shape index (κ1) is 21.4. The van der Waals surface area contributed by atoms with Crippen LogP contribution in [0.3, 0.4) is 0 Å². The lowest BCUT2D eigenvalue weighted by molar-refractivity contribution is -0.0000360. The smallest absolute Gasteiger partial charge is 0.159 e. The monoisotopic (exact) mass is 387 g/mol. The zero-order valence-corrected chi connectivity index (χ0v) is 17.8. The predicted octanol–water partition coefficient (Wildman–Crippen LogP) is 2.63. The summed E-state index contributed by atoms with van der Waals surface area (Å²) in [4.78, 5) is 19.4. The molecule has 1 N–H and O–H groups in total. The molecular weight excluding hydrogens is 350 g/mol. The van der Waals surface area contributed by atoms with E-state index in [0.29, 0.717) is 18.1 Å². The number of hydrogen-bond acceptors (Lipinski definition) is 5. The molecule has 3 rings (SSSR count). The number of likely N-dealkylation sites (tertiary alicyclic amines) is 1. The van der Waals surface area contributed by atoms with E-state index in [0.717, 1.165) is 38.2 Å². The summed E-state index contributed by atoms with van der Waals surface area (Å²) in [5.74, 6) is 0.123. The summed E-state index contributed by atoms with van der Waals surface area (Å²) in [6, 6.07) is 9.72. The van der Waals surface area contributed by atoms with Gasteiger partial charge in [0, 0.05) is 56.5 Å². The molecular formula is C23H37N3O2. The second kappa shape index (κ2) is 9.97. The number of hydrogen-bond donors (Lipinski definition) is 1. The van der Waals surface area contributed by atoms with Crippen LogP contribution in [-0.2, 0) is 6.54 Å². The van der Waals surface area contributed by atoms with Gasteiger partial charge in [0.2, 0.25) is 0 Å². The van der Waals surface area contributed by atoms with Crippen molar-refractivity contribution >= 4 is 5.78 Å². The second-order valence-electron chi connectivity index (χ2n) is 8.76. The first-order valence-corrected chi connectivity index (χ1v) is 10.9. The first-order chi connectivity index (χ1) is 13.5. The van der Waals surface area contributed by atoms with E-state index in [-0.39, 0.29) is 12.4 Å². The molecule has 2 heterocycles. The Kier molecular flexibility index (Phi) is 7.63. The first-order valence-electron chi connectivity index (χ1n) is 10.9. The number of nitrogens with zero attached hydrogens (tertiary/aromatic N) is 3. The summed E-state index contributed by atoms with van der Waals surface area (Å²) < 4.78 is 0. The van der Waals surface area contributed by atoms with Gasteiger partial charge in [-0.05, 0) is 64.8 Å². The Balaban J connectivity index is 1.59. The molecule has 0 bridgehead atoms. The predicted molar refractivity (Wildman–Crippen MR) is 114 cm³/mol. The van der Waals surface area contributed by atoms with Crippen LogP contribution in [0.25, 0.3) is 0 Å². The average molecular weight is 388 g/mol. The standard InChI is InChI=1S/C23H37N3O2/c1-18(2)25-10-7-22(8-11-25)26-13-12-24(17-23(26)9-14-27)16-20-5-4-6-21(15-20)19(3)28/h4-6,15,18,22-23,27H,7-14,16-17H2,1-3H3. The molecule has 2 saturated heterocycles. The van der Waals surface area contributed by atoms with Gasteiger partial charge in [-0.25, -0.2) is 0 Å². The van der Waals surface area contributed by atoms with Crippen LogP contribution in [0.2, 0.25) is 0 Å². The van der Waals surface area contributed by atoms with Crippen molar-refractivity contribution < 1.29 is 9.90 Å². The van der Waals surface area contributed by atoms with Crippen molar-refractivity contribution in [1.82, 2.24) is 14.7 Å². The highest BCUT2D eigenvalue weighted by atomic mass is 16.3. The van der Waals surface area contributed by atoms with Crippen molar-refractivity contribution in [2.75, 3.05) is 39.3 Å². The summed E-state index contributed by atoms with van der Waals surface area (Å²) in [5.41, 5.74) is 1.99. The van der Waals surface area contributed by atoms with E-state index < -0.39 is 0 Å². The molecule has 0 radical (unpaired) electrons. The minimum atomic E-state index is 0.123. The molecule has 0 aromatic heterocycles. The molecule has 0 aliphatic carbocycles. The minimum Gasteiger partial charge on any atom is -0.396 e. The second-order valence-corrected chi connectivity index (χ2v) is 8.76. The largest absolute Gasteiger partial charge is 0.396 e. The van der Waals surface area contributed by atoms with Crippen LogP contribution in [0.15, 0.2) is 24.3 Å². The minimum absolute atomic E-state index is 0.123. The van der Waals surface area contributed by atoms with Gasteiger partial charge in [0.15, 0.2) is 5.78 Å². The Morgan fingerprint density at radius 3 is 2.57 bits per heavy atom. The number of piperazine rings is 1. The zero-order chi connectivity index (χ0) is 20.1. The Labute approximate surface area is 170 Å². The van der Waals surface area contributed by atoms with Gasteiger partial charge in [0.05, 0.1) is 0 Å². The van der Waals surface area contributed by atoms with E-state index in [1.54, 1.807) is 6.92 Å². The number of carbonyl (C=O) groups excluding carboxylic acids is 1. The van der Waals surface area contributed by atoms with Crippen molar-refractivity contribution in [2.24, 2.45) is 0 Å². The molecule has 5 heteroatoms. The van der Waals surface area contributed by atoms with Gasteiger partial charge < -0.3 is 10.0 Å². The maximum absolute atomic E-state index is 11.7. The molecule has 1 aromatic carbocycles. The average Bonchev–Trinajstić information content (AvgIpc) is 2.69. The highest BCUT2D eigenvalue weighted by Crippen LogP contribution is 2.25. The molecule has 0 amide bonds. The quantitative estimate of drug-likeness (QED) is 0.729. The molecule has 28 heavy (non-hydrogen) atoms. The van der Waals surface area contributed by atoms with E-state index in [4.69, 9.17) is 0 Å². The third kappa shape index (κ3) is 5.41. The number of rotatable bonds is 7. The number of aliphatic hydroxyl groups excluding tert-OH is 1. The van der Waals surface area contributed by atoms with Crippen molar-refractivity contribution in [2.45, 2.75) is 64.7 Å². The molecule has 2 aliphatic rings. The molecule has 0 spiro atoms. The maximum Gasteiger partial charge on any atom is 0.159 e. The molecule has 1 unspecified atom stereocenters. The van der Waals surface area contributed by atoms with Crippen molar-refractivity contribution in [3.05, 3.63) is 35.4 Å². The highest BCUT2D eigenvalue weighted by molar-refractivity contribution is 5.94. The van der Waals surface area contributed by atoms with Crippen LogP contribution < -0.4 is 0 Å². The Morgan fingerprint density at radius 2 is 1.93 bits per heavy atom. The molecule has 5 nitrogen and oxygen atoms in total. The number of Topliss-reactive ketones (excluding diaryl/α,β-unsaturated/α-hetero) is 1. The van der Waals surface area contributed by atoms with Crippen LogP contribution in [0.5, 0.6) is 0 Å².